The normalized spacial score (nSPS) is 9.95. The van der Waals surface area contributed by atoms with Crippen LogP contribution in [0.5, 0.6) is 0 Å². The number of hydrogen-bond acceptors (Lipinski definition) is 4. The van der Waals surface area contributed by atoms with E-state index in [0.717, 1.165) is 20.7 Å². The predicted octanol–water partition coefficient (Wildman–Crippen LogP) is 3.18. The van der Waals surface area contributed by atoms with E-state index in [9.17, 15) is 9.59 Å². The lowest BCUT2D eigenvalue weighted by Crippen LogP contribution is -2.45. The third-order valence-electron chi connectivity index (χ3n) is 2.54. The second-order valence-corrected chi connectivity index (χ2v) is 4.35. The zero-order valence-corrected chi connectivity index (χ0v) is 12.2. The number of nitrogens with zero attached hydrogens (tertiary/aromatic N) is 2. The molecule has 0 unspecified atom stereocenters. The van der Waals surface area contributed by atoms with Gasteiger partial charge in [0.25, 0.3) is 0 Å². The summed E-state index contributed by atoms with van der Waals surface area (Å²) in [5.74, 6) is -0.517. The molecule has 0 fully saturated rings. The first-order valence-corrected chi connectivity index (χ1v) is 6.23. The molecule has 0 heterocycles. The van der Waals surface area contributed by atoms with Gasteiger partial charge < -0.3 is 4.74 Å². The minimum Gasteiger partial charge on any atom is -0.448 e. The van der Waals surface area contributed by atoms with Crippen molar-refractivity contribution in [3.8, 4) is 0 Å². The van der Waals surface area contributed by atoms with Gasteiger partial charge in [-0.2, -0.15) is 4.53 Å². The molecular formula is C13H17ClN2O3. The molecule has 0 saturated heterocycles. The van der Waals surface area contributed by atoms with Crippen LogP contribution in [0.15, 0.2) is 18.2 Å². The Labute approximate surface area is 117 Å². The molecule has 2 amide bonds. The maximum atomic E-state index is 11.8. The number of anilines is 1. The second-order valence-electron chi connectivity index (χ2n) is 4.03. The van der Waals surface area contributed by atoms with Crippen LogP contribution in [0.1, 0.15) is 25.0 Å². The molecule has 0 radical (unpaired) electrons. The first kappa shape index (κ1) is 15.3. The summed E-state index contributed by atoms with van der Waals surface area (Å²) in [4.78, 5) is 23.4. The van der Waals surface area contributed by atoms with Gasteiger partial charge in [0.2, 0.25) is 5.91 Å². The van der Waals surface area contributed by atoms with E-state index in [4.69, 9.17) is 16.5 Å². The molecule has 19 heavy (non-hydrogen) atoms. The Bertz CT molecular complexity index is 471. The van der Waals surface area contributed by atoms with Crippen LogP contribution in [0.4, 0.5) is 10.5 Å². The average Bonchev–Trinajstić information content (AvgIpc) is 2.28. The highest BCUT2D eigenvalue weighted by molar-refractivity contribution is 6.27. The summed E-state index contributed by atoms with van der Waals surface area (Å²) in [7, 11) is 0. The van der Waals surface area contributed by atoms with Crippen LogP contribution >= 0.6 is 11.8 Å². The molecule has 6 heteroatoms. The molecule has 1 aromatic rings. The van der Waals surface area contributed by atoms with E-state index in [1.54, 1.807) is 6.92 Å². The molecule has 0 spiro atoms. The van der Waals surface area contributed by atoms with Crippen molar-refractivity contribution >= 4 is 29.5 Å². The summed E-state index contributed by atoms with van der Waals surface area (Å²) >= 11 is 6.15. The van der Waals surface area contributed by atoms with Gasteiger partial charge in [0, 0.05) is 18.7 Å². The molecule has 0 aliphatic rings. The second kappa shape index (κ2) is 6.43. The number of carbonyl (C=O) groups is 2. The Balaban J connectivity index is 3.17. The van der Waals surface area contributed by atoms with Crippen molar-refractivity contribution in [3.05, 3.63) is 29.3 Å². The SMILES string of the molecule is CCOC(=O)N(C(C)=O)N(Cl)c1c(C)cccc1C. The van der Waals surface area contributed by atoms with Crippen LogP contribution in [-0.4, -0.2) is 23.6 Å². The van der Waals surface area contributed by atoms with Crippen molar-refractivity contribution in [3.63, 3.8) is 0 Å². The number of hydrazine groups is 1. The standard InChI is InChI=1S/C13H17ClN2O3/c1-5-19-13(18)15(11(4)17)16(14)12-9(2)7-6-8-10(12)3/h6-8H,5H2,1-4H3. The molecule has 0 atom stereocenters. The number of hydrogen-bond donors (Lipinski definition) is 0. The van der Waals surface area contributed by atoms with Gasteiger partial charge in [0.1, 0.15) is 0 Å². The lowest BCUT2D eigenvalue weighted by Gasteiger charge is -2.28. The van der Waals surface area contributed by atoms with Crippen LogP contribution in [0.2, 0.25) is 0 Å². The van der Waals surface area contributed by atoms with Gasteiger partial charge in [-0.1, -0.05) is 18.2 Å². The Morgan fingerprint density at radius 3 is 2.21 bits per heavy atom. The van der Waals surface area contributed by atoms with E-state index in [2.05, 4.69) is 0 Å². The third-order valence-corrected chi connectivity index (χ3v) is 2.86. The zero-order valence-electron chi connectivity index (χ0n) is 11.4. The van der Waals surface area contributed by atoms with Crippen LogP contribution in [0.3, 0.4) is 0 Å². The van der Waals surface area contributed by atoms with Crippen molar-refractivity contribution in [1.82, 2.24) is 5.01 Å². The van der Waals surface area contributed by atoms with E-state index in [0.29, 0.717) is 5.69 Å². The summed E-state index contributed by atoms with van der Waals surface area (Å²) in [6.45, 7) is 6.77. The first-order valence-electron chi connectivity index (χ1n) is 5.89. The Morgan fingerprint density at radius 1 is 1.26 bits per heavy atom. The molecular weight excluding hydrogens is 268 g/mol. The van der Waals surface area contributed by atoms with Crippen LogP contribution in [-0.2, 0) is 9.53 Å². The number of ether oxygens (including phenoxy) is 1. The molecule has 0 N–H and O–H groups in total. The van der Waals surface area contributed by atoms with E-state index in [1.165, 1.54) is 6.92 Å². The van der Waals surface area contributed by atoms with Gasteiger partial charge in [-0.15, -0.1) is 5.01 Å². The molecule has 0 bridgehead atoms. The summed E-state index contributed by atoms with van der Waals surface area (Å²) < 4.78 is 5.83. The molecule has 1 rings (SSSR count). The average molecular weight is 285 g/mol. The van der Waals surface area contributed by atoms with Gasteiger partial charge in [0.15, 0.2) is 0 Å². The van der Waals surface area contributed by atoms with E-state index in [1.807, 2.05) is 32.0 Å². The minimum atomic E-state index is -0.798. The fourth-order valence-corrected chi connectivity index (χ4v) is 2.14. The van der Waals surface area contributed by atoms with E-state index in [-0.39, 0.29) is 6.61 Å². The summed E-state index contributed by atoms with van der Waals surface area (Å²) in [5, 5.41) is 0.764. The number of carbonyl (C=O) groups excluding carboxylic acids is 2. The highest BCUT2D eigenvalue weighted by atomic mass is 35.5. The summed E-state index contributed by atoms with van der Waals surface area (Å²) in [5.41, 5.74) is 2.29. The van der Waals surface area contributed by atoms with Crippen molar-refractivity contribution in [2.45, 2.75) is 27.7 Å². The highest BCUT2D eigenvalue weighted by Gasteiger charge is 2.28. The predicted molar refractivity (Wildman–Crippen MR) is 73.8 cm³/mol. The third kappa shape index (κ3) is 3.38. The number of rotatable bonds is 3. The monoisotopic (exact) mass is 284 g/mol. The summed E-state index contributed by atoms with van der Waals surface area (Å²) in [6.07, 6.45) is -0.798. The molecule has 1 aromatic carbocycles. The van der Waals surface area contributed by atoms with Gasteiger partial charge in [-0.25, -0.2) is 4.79 Å². The molecule has 0 aliphatic carbocycles. The molecule has 0 aliphatic heterocycles. The van der Waals surface area contributed by atoms with E-state index < -0.39 is 12.0 Å². The largest absolute Gasteiger partial charge is 0.448 e. The van der Waals surface area contributed by atoms with Crippen molar-refractivity contribution in [1.29, 1.82) is 0 Å². The molecule has 0 aromatic heterocycles. The topological polar surface area (TPSA) is 49.9 Å². The van der Waals surface area contributed by atoms with Gasteiger partial charge in [0.05, 0.1) is 12.3 Å². The maximum absolute atomic E-state index is 11.8. The first-order chi connectivity index (χ1) is 8.90. The quantitative estimate of drug-likeness (QED) is 0.632. The Morgan fingerprint density at radius 2 is 1.79 bits per heavy atom. The number of halogens is 1. The number of imide groups is 1. The molecule has 5 nitrogen and oxygen atoms in total. The fraction of sp³-hybridized carbons (Fsp3) is 0.385. The number of para-hydroxylation sites is 1. The zero-order chi connectivity index (χ0) is 14.6. The highest BCUT2D eigenvalue weighted by Crippen LogP contribution is 2.28. The van der Waals surface area contributed by atoms with Gasteiger partial charge in [-0.3, -0.25) is 4.79 Å². The smallest absolute Gasteiger partial charge is 0.437 e. The number of amides is 2. The fourth-order valence-electron chi connectivity index (χ4n) is 1.71. The minimum absolute atomic E-state index is 0.167. The number of aryl methyl sites for hydroxylation is 2. The number of benzene rings is 1. The lowest BCUT2D eigenvalue weighted by molar-refractivity contribution is -0.126. The summed E-state index contributed by atoms with van der Waals surface area (Å²) in [6, 6.07) is 5.57. The Hall–Kier alpha value is -1.75. The van der Waals surface area contributed by atoms with Crippen molar-refractivity contribution in [2.24, 2.45) is 0 Å². The maximum Gasteiger partial charge on any atom is 0.437 e. The van der Waals surface area contributed by atoms with Crippen LogP contribution < -0.4 is 4.53 Å². The van der Waals surface area contributed by atoms with Crippen molar-refractivity contribution < 1.29 is 14.3 Å². The van der Waals surface area contributed by atoms with Gasteiger partial charge in [-0.05, 0) is 31.9 Å². The molecule has 0 saturated carbocycles. The lowest BCUT2D eigenvalue weighted by atomic mass is 10.1. The van der Waals surface area contributed by atoms with E-state index >= 15 is 0 Å². The van der Waals surface area contributed by atoms with Crippen LogP contribution in [0.25, 0.3) is 0 Å². The Kier molecular flexibility index (Phi) is 5.18. The molecule has 104 valence electrons. The van der Waals surface area contributed by atoms with Crippen molar-refractivity contribution in [2.75, 3.05) is 11.1 Å². The van der Waals surface area contributed by atoms with Crippen LogP contribution in [0, 0.1) is 13.8 Å². The van der Waals surface area contributed by atoms with Gasteiger partial charge >= 0.3 is 6.09 Å².